The molecule has 7 heteroatoms. The van der Waals surface area contributed by atoms with Crippen LogP contribution < -0.4 is 14.8 Å². The number of thiophene rings is 1. The molecule has 28 heavy (non-hydrogen) atoms. The molecule has 0 radical (unpaired) electrons. The van der Waals surface area contributed by atoms with Crippen molar-refractivity contribution < 1.29 is 19.1 Å². The Morgan fingerprint density at radius 3 is 2.71 bits per heavy atom. The molecule has 2 unspecified atom stereocenters. The summed E-state index contributed by atoms with van der Waals surface area (Å²) in [6.45, 7) is 2.52. The van der Waals surface area contributed by atoms with E-state index in [9.17, 15) is 9.59 Å². The van der Waals surface area contributed by atoms with E-state index in [1.165, 1.54) is 11.3 Å². The van der Waals surface area contributed by atoms with E-state index in [2.05, 4.69) is 5.32 Å². The molecule has 1 aliphatic heterocycles. The second-order valence-corrected chi connectivity index (χ2v) is 7.77. The molecule has 0 bridgehead atoms. The van der Waals surface area contributed by atoms with Gasteiger partial charge in [0.25, 0.3) is 5.91 Å². The van der Waals surface area contributed by atoms with E-state index in [0.717, 1.165) is 18.4 Å². The van der Waals surface area contributed by atoms with Gasteiger partial charge in [-0.25, -0.2) is 0 Å². The van der Waals surface area contributed by atoms with Gasteiger partial charge in [0.1, 0.15) is 17.5 Å². The molecule has 3 rings (SSSR count). The van der Waals surface area contributed by atoms with Crippen molar-refractivity contribution in [3.8, 4) is 11.5 Å². The van der Waals surface area contributed by atoms with E-state index in [1.54, 1.807) is 31.3 Å². The predicted molar refractivity (Wildman–Crippen MR) is 109 cm³/mol. The Hall–Kier alpha value is -2.54. The number of rotatable bonds is 6. The highest BCUT2D eigenvalue weighted by Crippen LogP contribution is 2.30. The average molecular weight is 403 g/mol. The van der Waals surface area contributed by atoms with Crippen molar-refractivity contribution in [3.05, 3.63) is 46.2 Å². The van der Waals surface area contributed by atoms with Crippen molar-refractivity contribution in [2.45, 2.75) is 38.3 Å². The van der Waals surface area contributed by atoms with E-state index in [0.29, 0.717) is 29.3 Å². The molecule has 1 aliphatic rings. The van der Waals surface area contributed by atoms with Crippen molar-refractivity contribution in [1.29, 1.82) is 0 Å². The van der Waals surface area contributed by atoms with Gasteiger partial charge in [-0.05, 0) is 49.8 Å². The molecule has 150 valence electrons. The molecule has 2 heterocycles. The Bertz CT molecular complexity index is 822. The number of piperidine rings is 1. The zero-order chi connectivity index (χ0) is 20.1. The third kappa shape index (κ3) is 4.30. The largest absolute Gasteiger partial charge is 0.497 e. The standard InChI is InChI=1S/C21H26N2O4S/c1-14(16-10-9-15(26-2)13-18(16)27-3)22-20(24)17-7-4-5-11-23(17)21(25)19-8-6-12-28-19/h6,8-10,12-14,17H,4-5,7,11H2,1-3H3,(H,22,24). The maximum absolute atomic E-state index is 13.0. The molecule has 2 aromatic rings. The number of likely N-dealkylation sites (tertiary alicyclic amines) is 1. The first-order chi connectivity index (χ1) is 13.5. The van der Waals surface area contributed by atoms with Gasteiger partial charge in [-0.15, -0.1) is 11.3 Å². The van der Waals surface area contributed by atoms with Gasteiger partial charge in [-0.1, -0.05) is 6.07 Å². The fourth-order valence-corrected chi connectivity index (χ4v) is 4.23. The molecule has 1 N–H and O–H groups in total. The second kappa shape index (κ2) is 9.10. The first-order valence-electron chi connectivity index (χ1n) is 9.42. The number of amides is 2. The summed E-state index contributed by atoms with van der Waals surface area (Å²) in [6, 6.07) is 8.48. The molecular weight excluding hydrogens is 376 g/mol. The summed E-state index contributed by atoms with van der Waals surface area (Å²) in [4.78, 5) is 28.2. The first-order valence-corrected chi connectivity index (χ1v) is 10.3. The molecule has 1 aromatic heterocycles. The van der Waals surface area contributed by atoms with Gasteiger partial charge < -0.3 is 19.7 Å². The third-order valence-electron chi connectivity index (χ3n) is 5.06. The monoisotopic (exact) mass is 402 g/mol. The highest BCUT2D eigenvalue weighted by Gasteiger charge is 2.33. The molecule has 1 aromatic carbocycles. The zero-order valence-corrected chi connectivity index (χ0v) is 17.3. The zero-order valence-electron chi connectivity index (χ0n) is 16.4. The highest BCUT2D eigenvalue weighted by molar-refractivity contribution is 7.12. The lowest BCUT2D eigenvalue weighted by Crippen LogP contribution is -2.52. The lowest BCUT2D eigenvalue weighted by atomic mass is 9.99. The topological polar surface area (TPSA) is 67.9 Å². The molecule has 2 atom stereocenters. The van der Waals surface area contributed by atoms with Gasteiger partial charge in [0.05, 0.1) is 25.1 Å². The average Bonchev–Trinajstić information content (AvgIpc) is 3.27. The van der Waals surface area contributed by atoms with Gasteiger partial charge in [-0.2, -0.15) is 0 Å². The summed E-state index contributed by atoms with van der Waals surface area (Å²) in [6.07, 6.45) is 2.53. The van der Waals surface area contributed by atoms with E-state index >= 15 is 0 Å². The van der Waals surface area contributed by atoms with Gasteiger partial charge >= 0.3 is 0 Å². The number of hydrogen-bond donors (Lipinski definition) is 1. The predicted octanol–water partition coefficient (Wildman–Crippen LogP) is 3.64. The minimum absolute atomic E-state index is 0.0652. The van der Waals surface area contributed by atoms with Crippen LogP contribution in [-0.2, 0) is 4.79 Å². The fourth-order valence-electron chi connectivity index (χ4n) is 3.55. The van der Waals surface area contributed by atoms with Crippen molar-refractivity contribution in [2.24, 2.45) is 0 Å². The molecule has 1 saturated heterocycles. The SMILES string of the molecule is COc1ccc(C(C)NC(=O)C2CCCCN2C(=O)c2cccs2)c(OC)c1. The van der Waals surface area contributed by atoms with Gasteiger partial charge in [-0.3, -0.25) is 9.59 Å². The molecule has 1 fully saturated rings. The summed E-state index contributed by atoms with van der Waals surface area (Å²) in [5, 5.41) is 4.94. The summed E-state index contributed by atoms with van der Waals surface area (Å²) in [5.41, 5.74) is 0.864. The normalized spacial score (nSPS) is 17.7. The quantitative estimate of drug-likeness (QED) is 0.801. The molecular formula is C21H26N2O4S. The van der Waals surface area contributed by atoms with E-state index in [-0.39, 0.29) is 17.9 Å². The lowest BCUT2D eigenvalue weighted by Gasteiger charge is -2.35. The van der Waals surface area contributed by atoms with Crippen LogP contribution in [0, 0.1) is 0 Å². The Kier molecular flexibility index (Phi) is 6.57. The van der Waals surface area contributed by atoms with Gasteiger partial charge in [0.15, 0.2) is 0 Å². The van der Waals surface area contributed by atoms with Crippen molar-refractivity contribution in [2.75, 3.05) is 20.8 Å². The van der Waals surface area contributed by atoms with Crippen LogP contribution in [0.3, 0.4) is 0 Å². The van der Waals surface area contributed by atoms with Crippen LogP contribution in [0.1, 0.15) is 47.5 Å². The van der Waals surface area contributed by atoms with Crippen LogP contribution in [0.15, 0.2) is 35.7 Å². The Balaban J connectivity index is 1.74. The maximum atomic E-state index is 13.0. The summed E-state index contributed by atoms with van der Waals surface area (Å²) in [5.74, 6) is 1.15. The number of benzene rings is 1. The Morgan fingerprint density at radius 1 is 1.21 bits per heavy atom. The van der Waals surface area contributed by atoms with Crippen LogP contribution in [0.2, 0.25) is 0 Å². The minimum Gasteiger partial charge on any atom is -0.497 e. The van der Waals surface area contributed by atoms with Crippen LogP contribution in [-0.4, -0.2) is 43.5 Å². The summed E-state index contributed by atoms with van der Waals surface area (Å²) < 4.78 is 10.7. The van der Waals surface area contributed by atoms with Crippen molar-refractivity contribution in [1.82, 2.24) is 10.2 Å². The van der Waals surface area contributed by atoms with Crippen LogP contribution in [0.5, 0.6) is 11.5 Å². The van der Waals surface area contributed by atoms with Gasteiger partial charge in [0.2, 0.25) is 5.91 Å². The highest BCUT2D eigenvalue weighted by atomic mass is 32.1. The molecule has 6 nitrogen and oxygen atoms in total. The molecule has 0 saturated carbocycles. The Morgan fingerprint density at radius 2 is 2.04 bits per heavy atom. The van der Waals surface area contributed by atoms with E-state index < -0.39 is 6.04 Å². The number of carbonyl (C=O) groups excluding carboxylic acids is 2. The number of nitrogens with one attached hydrogen (secondary N) is 1. The molecule has 0 aliphatic carbocycles. The molecule has 0 spiro atoms. The third-order valence-corrected chi connectivity index (χ3v) is 5.92. The van der Waals surface area contributed by atoms with Crippen molar-refractivity contribution >= 4 is 23.2 Å². The number of ether oxygens (including phenoxy) is 2. The summed E-state index contributed by atoms with van der Waals surface area (Å²) in [7, 11) is 3.19. The minimum atomic E-state index is -0.449. The number of hydrogen-bond acceptors (Lipinski definition) is 5. The van der Waals surface area contributed by atoms with Crippen LogP contribution >= 0.6 is 11.3 Å². The van der Waals surface area contributed by atoms with Crippen molar-refractivity contribution in [3.63, 3.8) is 0 Å². The lowest BCUT2D eigenvalue weighted by molar-refractivity contribution is -0.127. The number of methoxy groups -OCH3 is 2. The van der Waals surface area contributed by atoms with E-state index in [1.807, 2.05) is 30.5 Å². The van der Waals surface area contributed by atoms with Crippen LogP contribution in [0.4, 0.5) is 0 Å². The second-order valence-electron chi connectivity index (χ2n) is 6.83. The fraction of sp³-hybridized carbons (Fsp3) is 0.429. The summed E-state index contributed by atoms with van der Waals surface area (Å²) >= 11 is 1.41. The Labute approximate surface area is 169 Å². The first kappa shape index (κ1) is 20.2. The molecule has 2 amide bonds. The maximum Gasteiger partial charge on any atom is 0.264 e. The van der Waals surface area contributed by atoms with E-state index in [4.69, 9.17) is 9.47 Å². The smallest absolute Gasteiger partial charge is 0.264 e. The van der Waals surface area contributed by atoms with Crippen LogP contribution in [0.25, 0.3) is 0 Å². The van der Waals surface area contributed by atoms with Gasteiger partial charge in [0, 0.05) is 18.2 Å². The number of nitrogens with zero attached hydrogens (tertiary/aromatic N) is 1. The number of carbonyl (C=O) groups is 2.